The molecule has 0 fully saturated rings. The number of nitrogens with two attached hydrogens (primary N) is 1. The van der Waals surface area contributed by atoms with Crippen LogP contribution in [0.25, 0.3) is 0 Å². The second-order valence-electron chi connectivity index (χ2n) is 4.07. The minimum atomic E-state index is -3.68. The molecule has 7 heteroatoms. The first-order chi connectivity index (χ1) is 8.88. The Morgan fingerprint density at radius 1 is 1.37 bits per heavy atom. The molecule has 3 N–H and O–H groups in total. The van der Waals surface area contributed by atoms with Gasteiger partial charge < -0.3 is 9.73 Å². The monoisotopic (exact) mass is 344 g/mol. The van der Waals surface area contributed by atoms with Crippen molar-refractivity contribution >= 4 is 31.6 Å². The van der Waals surface area contributed by atoms with Gasteiger partial charge in [-0.25, -0.2) is 13.6 Å². The molecule has 1 aromatic carbocycles. The third kappa shape index (κ3) is 3.37. The van der Waals surface area contributed by atoms with Gasteiger partial charge in [0.2, 0.25) is 10.0 Å². The second-order valence-corrected chi connectivity index (χ2v) is 6.48. The maximum Gasteiger partial charge on any atom is 0.238 e. The van der Waals surface area contributed by atoms with Crippen molar-refractivity contribution in [1.29, 1.82) is 0 Å². The van der Waals surface area contributed by atoms with Gasteiger partial charge in [0.05, 0.1) is 17.7 Å². The van der Waals surface area contributed by atoms with Gasteiger partial charge in [-0.15, -0.1) is 0 Å². The fourth-order valence-corrected chi connectivity index (χ4v) is 2.79. The molecule has 5 nitrogen and oxygen atoms in total. The summed E-state index contributed by atoms with van der Waals surface area (Å²) >= 11 is 3.31. The molecule has 19 heavy (non-hydrogen) atoms. The summed E-state index contributed by atoms with van der Waals surface area (Å²) in [5, 5.41) is 8.22. The zero-order chi connectivity index (χ0) is 14.0. The maximum absolute atomic E-state index is 11.2. The lowest BCUT2D eigenvalue weighted by Gasteiger charge is -2.09. The van der Waals surface area contributed by atoms with Crippen LogP contribution in [0.3, 0.4) is 0 Å². The summed E-state index contributed by atoms with van der Waals surface area (Å²) in [6.45, 7) is 2.48. The Morgan fingerprint density at radius 3 is 2.63 bits per heavy atom. The highest BCUT2D eigenvalue weighted by molar-refractivity contribution is 9.10. The lowest BCUT2D eigenvalue weighted by Crippen LogP contribution is -2.12. The van der Waals surface area contributed by atoms with Crippen molar-refractivity contribution in [2.45, 2.75) is 18.4 Å². The number of halogens is 1. The number of hydrogen-bond donors (Lipinski definition) is 2. The number of rotatable bonds is 4. The normalized spacial score (nSPS) is 11.5. The van der Waals surface area contributed by atoms with E-state index >= 15 is 0 Å². The Balaban J connectivity index is 2.16. The van der Waals surface area contributed by atoms with Crippen molar-refractivity contribution in [3.63, 3.8) is 0 Å². The van der Waals surface area contributed by atoms with Crippen LogP contribution in [0.4, 0.5) is 5.69 Å². The first kappa shape index (κ1) is 14.1. The van der Waals surface area contributed by atoms with Crippen LogP contribution < -0.4 is 10.5 Å². The van der Waals surface area contributed by atoms with Gasteiger partial charge in [0, 0.05) is 10.2 Å². The molecule has 0 unspecified atom stereocenters. The van der Waals surface area contributed by atoms with Gasteiger partial charge in [-0.3, -0.25) is 0 Å². The van der Waals surface area contributed by atoms with Crippen molar-refractivity contribution in [2.24, 2.45) is 5.14 Å². The summed E-state index contributed by atoms with van der Waals surface area (Å²) in [6.07, 6.45) is 1.63. The predicted octanol–water partition coefficient (Wildman–Crippen LogP) is 2.61. The molecule has 102 valence electrons. The highest BCUT2D eigenvalue weighted by atomic mass is 79.9. The first-order valence-corrected chi connectivity index (χ1v) is 7.81. The molecule has 0 saturated heterocycles. The van der Waals surface area contributed by atoms with Gasteiger partial charge in [0.25, 0.3) is 0 Å². The van der Waals surface area contributed by atoms with E-state index in [0.717, 1.165) is 17.0 Å². The summed E-state index contributed by atoms with van der Waals surface area (Å²) in [7, 11) is -3.68. The van der Waals surface area contributed by atoms with Crippen LogP contribution in [0.2, 0.25) is 0 Å². The highest BCUT2D eigenvalue weighted by Gasteiger charge is 2.10. The number of primary sulfonamides is 1. The zero-order valence-corrected chi connectivity index (χ0v) is 12.6. The Labute approximate surface area is 120 Å². The van der Waals surface area contributed by atoms with Crippen molar-refractivity contribution < 1.29 is 12.8 Å². The molecule has 2 rings (SSSR count). The van der Waals surface area contributed by atoms with E-state index in [1.807, 2.05) is 13.0 Å². The average Bonchev–Trinajstić information content (AvgIpc) is 2.72. The van der Waals surface area contributed by atoms with Crippen molar-refractivity contribution in [1.82, 2.24) is 0 Å². The lowest BCUT2D eigenvalue weighted by atomic mass is 10.2. The van der Waals surface area contributed by atoms with Gasteiger partial charge in [0.1, 0.15) is 5.76 Å². The number of benzene rings is 1. The standard InChI is InChI=1S/C12H13BrN2O3S/c1-8-4-5-18-12(8)7-15-11-3-2-9(6-10(11)13)19(14,16)17/h2-6,15H,7H2,1H3,(H2,14,16,17). The number of anilines is 1. The third-order valence-corrected chi connectivity index (χ3v) is 4.24. The smallest absolute Gasteiger partial charge is 0.238 e. The fourth-order valence-electron chi connectivity index (χ4n) is 1.58. The molecule has 0 aliphatic rings. The molecular weight excluding hydrogens is 332 g/mol. The Kier molecular flexibility index (Phi) is 3.98. The molecule has 0 atom stereocenters. The Hall–Kier alpha value is -1.31. The largest absolute Gasteiger partial charge is 0.467 e. The van der Waals surface area contributed by atoms with Crippen LogP contribution in [0.1, 0.15) is 11.3 Å². The molecule has 0 amide bonds. The third-order valence-electron chi connectivity index (χ3n) is 2.68. The van der Waals surface area contributed by atoms with Gasteiger partial charge in [-0.2, -0.15) is 0 Å². The van der Waals surface area contributed by atoms with Gasteiger partial charge in [0.15, 0.2) is 0 Å². The van der Waals surface area contributed by atoms with E-state index in [2.05, 4.69) is 21.2 Å². The van der Waals surface area contributed by atoms with E-state index in [0.29, 0.717) is 11.0 Å². The van der Waals surface area contributed by atoms with Crippen LogP contribution >= 0.6 is 15.9 Å². The summed E-state index contributed by atoms with van der Waals surface area (Å²) in [6, 6.07) is 6.46. The van der Waals surface area contributed by atoms with E-state index in [4.69, 9.17) is 9.56 Å². The summed E-state index contributed by atoms with van der Waals surface area (Å²) in [4.78, 5) is 0.0686. The highest BCUT2D eigenvalue weighted by Crippen LogP contribution is 2.26. The van der Waals surface area contributed by atoms with Gasteiger partial charge in [-0.1, -0.05) is 0 Å². The van der Waals surface area contributed by atoms with Crippen molar-refractivity contribution in [3.05, 3.63) is 46.3 Å². The van der Waals surface area contributed by atoms with Crippen LogP contribution in [0.5, 0.6) is 0 Å². The summed E-state index contributed by atoms with van der Waals surface area (Å²) in [5.41, 5.74) is 1.83. The van der Waals surface area contributed by atoms with Crippen molar-refractivity contribution in [3.8, 4) is 0 Å². The molecule has 0 aliphatic carbocycles. The molecular formula is C12H13BrN2O3S. The van der Waals surface area contributed by atoms with Crippen LogP contribution in [-0.4, -0.2) is 8.42 Å². The predicted molar refractivity (Wildman–Crippen MR) is 76.3 cm³/mol. The lowest BCUT2D eigenvalue weighted by molar-refractivity contribution is 0.515. The summed E-state index contributed by atoms with van der Waals surface area (Å²) < 4.78 is 28.4. The van der Waals surface area contributed by atoms with Crippen LogP contribution in [0.15, 0.2) is 44.3 Å². The molecule has 0 aliphatic heterocycles. The van der Waals surface area contributed by atoms with Gasteiger partial charge >= 0.3 is 0 Å². The van der Waals surface area contributed by atoms with Crippen LogP contribution in [-0.2, 0) is 16.6 Å². The topological polar surface area (TPSA) is 85.3 Å². The molecule has 1 heterocycles. The summed E-state index contributed by atoms with van der Waals surface area (Å²) in [5.74, 6) is 0.836. The molecule has 2 aromatic rings. The van der Waals surface area contributed by atoms with E-state index in [1.165, 1.54) is 12.1 Å². The number of nitrogens with one attached hydrogen (secondary N) is 1. The first-order valence-electron chi connectivity index (χ1n) is 5.47. The van der Waals surface area contributed by atoms with E-state index in [1.54, 1.807) is 12.3 Å². The molecule has 0 saturated carbocycles. The SMILES string of the molecule is Cc1ccoc1CNc1ccc(S(N)(=O)=O)cc1Br. The van der Waals surface area contributed by atoms with E-state index < -0.39 is 10.0 Å². The quantitative estimate of drug-likeness (QED) is 0.892. The van der Waals surface area contributed by atoms with Crippen molar-refractivity contribution in [2.75, 3.05) is 5.32 Å². The average molecular weight is 345 g/mol. The van der Waals surface area contributed by atoms with Gasteiger partial charge in [-0.05, 0) is 52.7 Å². The Morgan fingerprint density at radius 2 is 2.11 bits per heavy atom. The molecule has 0 bridgehead atoms. The molecule has 0 radical (unpaired) electrons. The number of hydrogen-bond acceptors (Lipinski definition) is 4. The number of sulfonamides is 1. The number of furan rings is 1. The molecule has 0 spiro atoms. The minimum Gasteiger partial charge on any atom is -0.467 e. The minimum absolute atomic E-state index is 0.0686. The zero-order valence-electron chi connectivity index (χ0n) is 10.2. The Bertz CT molecular complexity index is 695. The maximum atomic E-state index is 11.2. The second kappa shape index (κ2) is 5.36. The van der Waals surface area contributed by atoms with E-state index in [-0.39, 0.29) is 4.90 Å². The van der Waals surface area contributed by atoms with Crippen LogP contribution in [0, 0.1) is 6.92 Å². The fraction of sp³-hybridized carbons (Fsp3) is 0.167. The number of aryl methyl sites for hydroxylation is 1. The molecule has 1 aromatic heterocycles. The van der Waals surface area contributed by atoms with E-state index in [9.17, 15) is 8.42 Å².